The van der Waals surface area contributed by atoms with Crippen molar-refractivity contribution < 1.29 is 46.0 Å². The summed E-state index contributed by atoms with van der Waals surface area (Å²) < 4.78 is 90.7. The number of aliphatic hydroxyl groups is 2. The molecular weight excluding hydrogens is 1060 g/mol. The molecule has 25 heteroatoms. The Morgan fingerprint density at radius 3 is 1.56 bits per heavy atom. The van der Waals surface area contributed by atoms with Crippen LogP contribution >= 0.6 is 15.9 Å². The summed E-state index contributed by atoms with van der Waals surface area (Å²) in [5, 5.41) is 20.3. The summed E-state index contributed by atoms with van der Waals surface area (Å²) in [4.78, 5) is 71.0. The van der Waals surface area contributed by atoms with Crippen LogP contribution in [-0.4, -0.2) is 87.2 Å². The molecule has 2 fully saturated rings. The van der Waals surface area contributed by atoms with Crippen LogP contribution in [-0.2, 0) is 46.6 Å². The maximum absolute atomic E-state index is 13.6. The number of rotatable bonds is 15. The third-order valence-corrected chi connectivity index (χ3v) is 12.9. The number of hydrogen-bond donors (Lipinski definition) is 3. The summed E-state index contributed by atoms with van der Waals surface area (Å²) in [6.45, 7) is 0.397. The van der Waals surface area contributed by atoms with E-state index in [4.69, 9.17) is 5.11 Å². The minimum atomic E-state index is -4.83. The molecule has 0 bridgehead atoms. The molecule has 0 saturated heterocycles. The molecule has 0 unspecified atom stereocenters. The fourth-order valence-corrected chi connectivity index (χ4v) is 8.90. The van der Waals surface area contributed by atoms with E-state index in [-0.39, 0.29) is 78.3 Å². The van der Waals surface area contributed by atoms with Crippen LogP contribution in [0.25, 0.3) is 22.3 Å². The molecule has 396 valence electrons. The van der Waals surface area contributed by atoms with Crippen LogP contribution in [0.3, 0.4) is 0 Å². The number of hydrogen-bond acceptors (Lipinski definition) is 12. The van der Waals surface area contributed by atoms with Crippen molar-refractivity contribution in [1.82, 2.24) is 47.8 Å². The standard InChI is InChI=1S/C25H24F3N5O4.C20H16F3N5O3.C5H9BrO/c1-31-21-20(22(34)32(23(31)35)12-10-24(36)8-9-24)33(15-17-6-2-3-11-29-17)19(30-21)14-16-5-4-7-18(13-16)37-25(26,27)28;1-27-17-16(18(29)26-19(27)30)28(11-13-6-2-3-8-24-13)15(25-17)10-12-5-4-7-14(9-12)31-20(21,22)23;6-4-3-5(7)1-2-5/h2-7,11,13,36H,8-10,12,14-15H2,1H3;2-9H,10-11H2,1H3,(H,26,29,30);7H,1-4H2. The number of halogens is 7. The van der Waals surface area contributed by atoms with Gasteiger partial charge in [0, 0.05) is 51.2 Å². The van der Waals surface area contributed by atoms with E-state index in [1.54, 1.807) is 70.1 Å². The van der Waals surface area contributed by atoms with E-state index >= 15 is 0 Å². The highest BCUT2D eigenvalue weighted by atomic mass is 79.9. The molecular formula is C50H49BrF6N10O8. The van der Waals surface area contributed by atoms with Crippen LogP contribution in [0.15, 0.2) is 117 Å². The number of aryl methyl sites for hydroxylation is 2. The van der Waals surface area contributed by atoms with Gasteiger partial charge in [-0.1, -0.05) is 52.3 Å². The van der Waals surface area contributed by atoms with Gasteiger partial charge in [-0.25, -0.2) is 19.6 Å². The molecule has 2 aliphatic carbocycles. The Labute approximate surface area is 429 Å². The summed E-state index contributed by atoms with van der Waals surface area (Å²) in [6.07, 6.45) is -1.77. The summed E-state index contributed by atoms with van der Waals surface area (Å²) in [5.74, 6) is 0.0276. The first-order valence-corrected chi connectivity index (χ1v) is 24.5. The molecule has 2 saturated carbocycles. The number of nitrogens with zero attached hydrogens (tertiary/aromatic N) is 9. The summed E-state index contributed by atoms with van der Waals surface area (Å²) >= 11 is 3.27. The Balaban J connectivity index is 0.000000178. The Bertz CT molecular complexity index is 3570. The van der Waals surface area contributed by atoms with Crippen molar-refractivity contribution in [2.75, 3.05) is 5.33 Å². The normalized spacial score (nSPS) is 14.4. The molecule has 10 rings (SSSR count). The lowest BCUT2D eigenvalue weighted by atomic mass is 10.1. The first-order valence-electron chi connectivity index (χ1n) is 23.4. The molecule has 0 amide bonds. The van der Waals surface area contributed by atoms with Crippen molar-refractivity contribution in [3.05, 3.63) is 173 Å². The Hall–Kier alpha value is -7.38. The van der Waals surface area contributed by atoms with Crippen LogP contribution in [0.1, 0.15) is 72.7 Å². The van der Waals surface area contributed by atoms with E-state index < -0.39 is 40.8 Å². The second-order valence-corrected chi connectivity index (χ2v) is 19.0. The second kappa shape index (κ2) is 21.8. The zero-order chi connectivity index (χ0) is 53.9. The number of pyridine rings is 2. The van der Waals surface area contributed by atoms with Gasteiger partial charge in [0.15, 0.2) is 22.3 Å². The van der Waals surface area contributed by atoms with Crippen LogP contribution in [0.2, 0.25) is 0 Å². The topological polar surface area (TPSA) is 219 Å². The number of benzene rings is 2. The van der Waals surface area contributed by atoms with Crippen molar-refractivity contribution >= 4 is 38.3 Å². The average Bonchev–Trinajstić information content (AvgIpc) is 4.21. The Morgan fingerprint density at radius 1 is 0.640 bits per heavy atom. The number of aromatic nitrogens is 10. The van der Waals surface area contributed by atoms with E-state index in [1.165, 1.54) is 59.6 Å². The fourth-order valence-electron chi connectivity index (χ4n) is 8.17. The van der Waals surface area contributed by atoms with Gasteiger partial charge in [0.25, 0.3) is 11.1 Å². The quantitative estimate of drug-likeness (QED) is 0.0751. The molecule has 6 aromatic heterocycles. The first kappa shape index (κ1) is 53.9. The SMILES string of the molecule is Cn1c(=O)[nH]c(=O)c2c1nc(Cc1cccc(OC(F)(F)F)c1)n2Cc1ccccn1.Cn1c(=O)n(CCC2(O)CC2)c(=O)c2c1nc(Cc1cccc(OC(F)(F)F)c1)n2Cc1ccccn1.OC1(CCBr)CC1. The molecule has 75 heavy (non-hydrogen) atoms. The van der Waals surface area contributed by atoms with E-state index in [0.29, 0.717) is 47.0 Å². The van der Waals surface area contributed by atoms with E-state index in [0.717, 1.165) is 29.2 Å². The lowest BCUT2D eigenvalue weighted by Crippen LogP contribution is -2.40. The van der Waals surface area contributed by atoms with Crippen molar-refractivity contribution in [2.45, 2.75) is 94.9 Å². The van der Waals surface area contributed by atoms with Gasteiger partial charge in [0.05, 0.1) is 35.7 Å². The third kappa shape index (κ3) is 13.7. The van der Waals surface area contributed by atoms with Gasteiger partial charge in [0.2, 0.25) is 0 Å². The van der Waals surface area contributed by atoms with Crippen molar-refractivity contribution in [1.29, 1.82) is 0 Å². The highest BCUT2D eigenvalue weighted by Crippen LogP contribution is 2.39. The number of H-pyrrole nitrogens is 1. The molecule has 18 nitrogen and oxygen atoms in total. The Kier molecular flexibility index (Phi) is 15.7. The van der Waals surface area contributed by atoms with Crippen molar-refractivity contribution in [2.24, 2.45) is 14.1 Å². The highest BCUT2D eigenvalue weighted by molar-refractivity contribution is 9.09. The van der Waals surface area contributed by atoms with Gasteiger partial charge in [-0.15, -0.1) is 26.3 Å². The van der Waals surface area contributed by atoms with Crippen LogP contribution in [0, 0.1) is 0 Å². The predicted octanol–water partition coefficient (Wildman–Crippen LogP) is 6.40. The zero-order valence-electron chi connectivity index (χ0n) is 40.2. The van der Waals surface area contributed by atoms with Gasteiger partial charge < -0.3 is 28.8 Å². The largest absolute Gasteiger partial charge is 0.573 e. The minimum Gasteiger partial charge on any atom is -0.406 e. The number of fused-ring (bicyclic) bond motifs is 2. The molecule has 0 radical (unpaired) electrons. The van der Waals surface area contributed by atoms with Crippen LogP contribution < -0.4 is 32.0 Å². The lowest BCUT2D eigenvalue weighted by Gasteiger charge is -2.13. The minimum absolute atomic E-state index is 0.0544. The maximum atomic E-state index is 13.6. The Morgan fingerprint density at radius 2 is 1.12 bits per heavy atom. The monoisotopic (exact) mass is 1110 g/mol. The number of ether oxygens (including phenoxy) is 2. The molecule has 0 spiro atoms. The number of aromatic amines is 1. The number of alkyl halides is 7. The molecule has 3 N–H and O–H groups in total. The van der Waals surface area contributed by atoms with Crippen LogP contribution in [0.4, 0.5) is 26.3 Å². The summed E-state index contributed by atoms with van der Waals surface area (Å²) in [6, 6.07) is 21.7. The van der Waals surface area contributed by atoms with Gasteiger partial charge in [-0.3, -0.25) is 38.2 Å². The third-order valence-electron chi connectivity index (χ3n) is 12.5. The van der Waals surface area contributed by atoms with Gasteiger partial charge in [-0.2, -0.15) is 0 Å². The first-order chi connectivity index (χ1) is 35.5. The fraction of sp³-hybridized carbons (Fsp3) is 0.360. The zero-order valence-corrected chi connectivity index (χ0v) is 41.8. The molecule has 2 aliphatic rings. The summed E-state index contributed by atoms with van der Waals surface area (Å²) in [5.41, 5.74) is -0.523. The van der Waals surface area contributed by atoms with E-state index in [9.17, 15) is 50.6 Å². The molecule has 6 heterocycles. The maximum Gasteiger partial charge on any atom is 0.573 e. The van der Waals surface area contributed by atoms with Gasteiger partial charge >= 0.3 is 24.1 Å². The molecule has 2 aromatic carbocycles. The molecule has 8 aromatic rings. The number of nitrogens with one attached hydrogen (secondary N) is 1. The predicted molar refractivity (Wildman–Crippen MR) is 265 cm³/mol. The smallest absolute Gasteiger partial charge is 0.406 e. The average molecular weight is 1110 g/mol. The van der Waals surface area contributed by atoms with E-state index in [1.807, 2.05) is 0 Å². The molecule has 0 atom stereocenters. The highest BCUT2D eigenvalue weighted by Gasteiger charge is 2.40. The van der Waals surface area contributed by atoms with Crippen molar-refractivity contribution in [3.8, 4) is 11.5 Å². The molecule has 0 aliphatic heterocycles. The van der Waals surface area contributed by atoms with Gasteiger partial charge in [0.1, 0.15) is 23.1 Å². The number of imidazole rings is 2. The summed E-state index contributed by atoms with van der Waals surface area (Å²) in [7, 11) is 2.98. The van der Waals surface area contributed by atoms with Crippen LogP contribution in [0.5, 0.6) is 11.5 Å². The van der Waals surface area contributed by atoms with Crippen molar-refractivity contribution in [3.63, 3.8) is 0 Å². The second-order valence-electron chi connectivity index (χ2n) is 18.2. The van der Waals surface area contributed by atoms with E-state index in [2.05, 4.69) is 50.3 Å². The lowest BCUT2D eigenvalue weighted by molar-refractivity contribution is -0.275. The van der Waals surface area contributed by atoms with Gasteiger partial charge in [-0.05, 0) is 98.2 Å².